The molecule has 0 spiro atoms. The van der Waals surface area contributed by atoms with Gasteiger partial charge in [0, 0.05) is 12.2 Å². The van der Waals surface area contributed by atoms with Gasteiger partial charge in [-0.25, -0.2) is 0 Å². The van der Waals surface area contributed by atoms with Crippen molar-refractivity contribution in [3.63, 3.8) is 0 Å². The lowest BCUT2D eigenvalue weighted by Crippen LogP contribution is -2.28. The van der Waals surface area contributed by atoms with Crippen molar-refractivity contribution in [2.45, 2.75) is 71.8 Å². The maximum absolute atomic E-state index is 13.4. The van der Waals surface area contributed by atoms with Gasteiger partial charge in [0.1, 0.15) is 11.5 Å². The number of ketones is 2. The molecule has 0 N–H and O–H groups in total. The molecule has 1 unspecified atom stereocenters. The highest BCUT2D eigenvalue weighted by Gasteiger charge is 2.35. The molecule has 0 aromatic heterocycles. The zero-order valence-corrected chi connectivity index (χ0v) is 19.1. The van der Waals surface area contributed by atoms with E-state index in [-0.39, 0.29) is 28.8 Å². The number of carbonyl (C=O) groups excluding carboxylic acids is 2. The summed E-state index contributed by atoms with van der Waals surface area (Å²) in [6.07, 6.45) is 8.38. The summed E-state index contributed by atoms with van der Waals surface area (Å²) >= 11 is 0. The van der Waals surface area contributed by atoms with Crippen LogP contribution in [-0.2, 0) is 4.74 Å². The Labute approximate surface area is 180 Å². The summed E-state index contributed by atoms with van der Waals surface area (Å²) in [4.78, 5) is 26.4. The van der Waals surface area contributed by atoms with Gasteiger partial charge in [0.25, 0.3) is 0 Å². The minimum absolute atomic E-state index is 0.208. The molecule has 0 heterocycles. The molecule has 1 aliphatic carbocycles. The van der Waals surface area contributed by atoms with E-state index in [9.17, 15) is 9.59 Å². The molecular formula is C25H36O5. The van der Waals surface area contributed by atoms with Gasteiger partial charge in [-0.2, -0.15) is 0 Å². The normalized spacial score (nSPS) is 14.5. The van der Waals surface area contributed by atoms with Crippen LogP contribution in [0.2, 0.25) is 0 Å². The first-order valence-electron chi connectivity index (χ1n) is 11.1. The Morgan fingerprint density at radius 2 is 1.50 bits per heavy atom. The molecule has 1 aromatic rings. The Balaban J connectivity index is 2.26. The fourth-order valence-corrected chi connectivity index (χ4v) is 3.78. The van der Waals surface area contributed by atoms with Crippen molar-refractivity contribution < 1.29 is 23.8 Å². The molecule has 1 aromatic carbocycles. The summed E-state index contributed by atoms with van der Waals surface area (Å²) in [7, 11) is 2.99. The van der Waals surface area contributed by atoms with Crippen molar-refractivity contribution in [1.29, 1.82) is 0 Å². The molecule has 30 heavy (non-hydrogen) atoms. The van der Waals surface area contributed by atoms with Gasteiger partial charge < -0.3 is 14.2 Å². The lowest BCUT2D eigenvalue weighted by Gasteiger charge is -2.26. The number of fused-ring (bicyclic) bond motifs is 1. The zero-order valence-electron chi connectivity index (χ0n) is 19.1. The Hall–Kier alpha value is -2.14. The summed E-state index contributed by atoms with van der Waals surface area (Å²) in [5.74, 6) is 0.807. The maximum atomic E-state index is 13.4. The van der Waals surface area contributed by atoms with Crippen LogP contribution in [0.1, 0.15) is 86.4 Å². The fraction of sp³-hybridized carbons (Fsp3) is 0.600. The summed E-state index contributed by atoms with van der Waals surface area (Å²) in [5.41, 5.74) is 0.974. The highest BCUT2D eigenvalue weighted by Crippen LogP contribution is 2.37. The molecule has 0 fully saturated rings. The van der Waals surface area contributed by atoms with E-state index in [1.54, 1.807) is 12.1 Å². The molecule has 0 aliphatic heterocycles. The van der Waals surface area contributed by atoms with Gasteiger partial charge in [-0.1, -0.05) is 46.5 Å². The van der Waals surface area contributed by atoms with Crippen molar-refractivity contribution in [2.24, 2.45) is 5.92 Å². The van der Waals surface area contributed by atoms with Gasteiger partial charge in [0.05, 0.1) is 31.5 Å². The van der Waals surface area contributed by atoms with Gasteiger partial charge in [-0.05, 0) is 43.4 Å². The van der Waals surface area contributed by atoms with E-state index in [4.69, 9.17) is 14.2 Å². The SMILES string of the molecule is CCCCCCCOC(CCC(C)C)C1=CC(=O)c2c(OC)ccc(OC)c2C1=O. The number of ether oxygens (including phenoxy) is 3. The number of carbonyl (C=O) groups is 2. The Bertz CT molecular complexity index is 763. The lowest BCUT2D eigenvalue weighted by molar-refractivity contribution is 0.0586. The average Bonchev–Trinajstić information content (AvgIpc) is 2.74. The zero-order chi connectivity index (χ0) is 22.1. The molecular weight excluding hydrogens is 380 g/mol. The summed E-state index contributed by atoms with van der Waals surface area (Å²) < 4.78 is 16.9. The number of hydrogen-bond acceptors (Lipinski definition) is 5. The molecule has 5 heteroatoms. The van der Waals surface area contributed by atoms with E-state index in [0.717, 1.165) is 19.3 Å². The van der Waals surface area contributed by atoms with E-state index in [1.165, 1.54) is 39.6 Å². The highest BCUT2D eigenvalue weighted by atomic mass is 16.5. The third-order valence-corrected chi connectivity index (χ3v) is 5.51. The first-order chi connectivity index (χ1) is 14.4. The van der Waals surface area contributed by atoms with E-state index >= 15 is 0 Å². The average molecular weight is 417 g/mol. The quantitative estimate of drug-likeness (QED) is 0.380. The van der Waals surface area contributed by atoms with Gasteiger partial charge >= 0.3 is 0 Å². The number of Topliss-reactive ketones (excluding diaryl/α,β-unsaturated/α-hetero) is 1. The van der Waals surface area contributed by atoms with Crippen molar-refractivity contribution in [2.75, 3.05) is 20.8 Å². The van der Waals surface area contributed by atoms with Crippen molar-refractivity contribution >= 4 is 11.6 Å². The first-order valence-corrected chi connectivity index (χ1v) is 11.1. The number of hydrogen-bond donors (Lipinski definition) is 0. The third-order valence-electron chi connectivity index (χ3n) is 5.51. The summed E-state index contributed by atoms with van der Waals surface area (Å²) in [6.45, 7) is 7.07. The van der Waals surface area contributed by atoms with Gasteiger partial charge in [-0.15, -0.1) is 0 Å². The first kappa shape index (κ1) is 24.1. The lowest BCUT2D eigenvalue weighted by atomic mass is 9.84. The van der Waals surface area contributed by atoms with Gasteiger partial charge in [0.2, 0.25) is 0 Å². The predicted molar refractivity (Wildman–Crippen MR) is 119 cm³/mol. The van der Waals surface area contributed by atoms with Crippen LogP contribution >= 0.6 is 0 Å². The number of rotatable bonds is 13. The van der Waals surface area contributed by atoms with Crippen LogP contribution in [0.3, 0.4) is 0 Å². The molecule has 0 saturated carbocycles. The topological polar surface area (TPSA) is 61.8 Å². The molecule has 0 bridgehead atoms. The van der Waals surface area contributed by atoms with E-state index < -0.39 is 0 Å². The number of allylic oxidation sites excluding steroid dienone is 1. The van der Waals surface area contributed by atoms with Crippen molar-refractivity contribution in [3.05, 3.63) is 34.9 Å². The Morgan fingerprint density at radius 1 is 0.867 bits per heavy atom. The number of methoxy groups -OCH3 is 2. The van der Waals surface area contributed by atoms with E-state index in [1.807, 2.05) is 0 Å². The van der Waals surface area contributed by atoms with Crippen LogP contribution in [0, 0.1) is 5.92 Å². The van der Waals surface area contributed by atoms with E-state index in [0.29, 0.717) is 36.0 Å². The number of unbranched alkanes of at least 4 members (excludes halogenated alkanes) is 4. The number of benzene rings is 1. The molecule has 2 rings (SSSR count). The van der Waals surface area contributed by atoms with Crippen LogP contribution in [0.15, 0.2) is 23.8 Å². The van der Waals surface area contributed by atoms with E-state index in [2.05, 4.69) is 20.8 Å². The molecule has 1 aliphatic rings. The minimum Gasteiger partial charge on any atom is -0.496 e. The second kappa shape index (κ2) is 11.9. The molecule has 5 nitrogen and oxygen atoms in total. The van der Waals surface area contributed by atoms with Crippen LogP contribution in [0.5, 0.6) is 11.5 Å². The van der Waals surface area contributed by atoms with Crippen LogP contribution in [0.25, 0.3) is 0 Å². The molecule has 1 atom stereocenters. The van der Waals surface area contributed by atoms with Crippen LogP contribution in [0.4, 0.5) is 0 Å². The van der Waals surface area contributed by atoms with Gasteiger partial charge in [-0.3, -0.25) is 9.59 Å². The second-order valence-electron chi connectivity index (χ2n) is 8.26. The van der Waals surface area contributed by atoms with Crippen LogP contribution in [-0.4, -0.2) is 38.5 Å². The highest BCUT2D eigenvalue weighted by molar-refractivity contribution is 6.27. The fourth-order valence-electron chi connectivity index (χ4n) is 3.78. The van der Waals surface area contributed by atoms with Crippen LogP contribution < -0.4 is 9.47 Å². The summed E-state index contributed by atoms with van der Waals surface area (Å²) in [5, 5.41) is 0. The molecule has 0 radical (unpaired) electrons. The Kier molecular flexibility index (Phi) is 9.57. The summed E-state index contributed by atoms with van der Waals surface area (Å²) in [6, 6.07) is 3.33. The third kappa shape index (κ3) is 5.94. The van der Waals surface area contributed by atoms with Gasteiger partial charge in [0.15, 0.2) is 11.6 Å². The Morgan fingerprint density at radius 3 is 2.10 bits per heavy atom. The maximum Gasteiger partial charge on any atom is 0.196 e. The smallest absolute Gasteiger partial charge is 0.196 e. The molecule has 166 valence electrons. The largest absolute Gasteiger partial charge is 0.496 e. The van der Waals surface area contributed by atoms with Crippen molar-refractivity contribution in [3.8, 4) is 11.5 Å². The standard InChI is InChI=1S/C25H36O5/c1-6-7-8-9-10-15-30-20(12-11-17(2)3)18-16-19(26)23-21(28-4)13-14-22(29-5)24(23)25(18)27/h13-14,16-17,20H,6-12,15H2,1-5H3. The molecule has 0 amide bonds. The minimum atomic E-state index is -0.390. The predicted octanol–water partition coefficient (Wildman–Crippen LogP) is 5.80. The monoisotopic (exact) mass is 416 g/mol. The van der Waals surface area contributed by atoms with Crippen molar-refractivity contribution in [1.82, 2.24) is 0 Å². The second-order valence-corrected chi connectivity index (χ2v) is 8.26. The molecule has 0 saturated heterocycles.